The number of ether oxygens (including phenoxy) is 2. The lowest BCUT2D eigenvalue weighted by molar-refractivity contribution is -0.164. The molecule has 21 heavy (non-hydrogen) atoms. The summed E-state index contributed by atoms with van der Waals surface area (Å²) in [5.74, 6) is 0.492. The van der Waals surface area contributed by atoms with Crippen molar-refractivity contribution in [1.29, 1.82) is 0 Å². The van der Waals surface area contributed by atoms with Crippen molar-refractivity contribution in [1.82, 2.24) is 4.98 Å². The second-order valence-corrected chi connectivity index (χ2v) is 6.34. The van der Waals surface area contributed by atoms with Crippen LogP contribution < -0.4 is 5.32 Å². The van der Waals surface area contributed by atoms with E-state index in [2.05, 4.69) is 10.3 Å². The summed E-state index contributed by atoms with van der Waals surface area (Å²) in [6, 6.07) is 1.93. The van der Waals surface area contributed by atoms with E-state index >= 15 is 0 Å². The Labute approximate surface area is 126 Å². The van der Waals surface area contributed by atoms with E-state index in [4.69, 9.17) is 9.47 Å². The molecule has 1 atom stereocenters. The van der Waals surface area contributed by atoms with Crippen molar-refractivity contribution in [3.63, 3.8) is 0 Å². The molecule has 1 N–H and O–H groups in total. The lowest BCUT2D eigenvalue weighted by Gasteiger charge is -2.29. The second-order valence-electron chi connectivity index (χ2n) is 6.34. The van der Waals surface area contributed by atoms with Crippen molar-refractivity contribution in [2.24, 2.45) is 0 Å². The number of methoxy groups -OCH3 is 1. The molecule has 0 aromatic carbocycles. The van der Waals surface area contributed by atoms with Gasteiger partial charge in [-0.1, -0.05) is 0 Å². The SMILES string of the molecule is COC(=O)C(OC(C)(C)C)c1cc(C)nc2c1CCCN2. The van der Waals surface area contributed by atoms with Crippen LogP contribution in [-0.4, -0.2) is 30.2 Å². The van der Waals surface area contributed by atoms with Crippen molar-refractivity contribution >= 4 is 11.8 Å². The molecule has 1 unspecified atom stereocenters. The summed E-state index contributed by atoms with van der Waals surface area (Å²) >= 11 is 0. The van der Waals surface area contributed by atoms with Gasteiger partial charge in [0.05, 0.1) is 12.7 Å². The Bertz CT molecular complexity index is 535. The van der Waals surface area contributed by atoms with Gasteiger partial charge >= 0.3 is 5.97 Å². The van der Waals surface area contributed by atoms with E-state index in [1.54, 1.807) is 0 Å². The van der Waals surface area contributed by atoms with Crippen LogP contribution >= 0.6 is 0 Å². The third-order valence-corrected chi connectivity index (χ3v) is 3.35. The van der Waals surface area contributed by atoms with E-state index in [1.165, 1.54) is 7.11 Å². The number of nitrogens with one attached hydrogen (secondary N) is 1. The molecular weight excluding hydrogens is 268 g/mol. The van der Waals surface area contributed by atoms with Crippen LogP contribution in [0.3, 0.4) is 0 Å². The number of nitrogens with zero attached hydrogens (tertiary/aromatic N) is 1. The highest BCUT2D eigenvalue weighted by atomic mass is 16.6. The summed E-state index contributed by atoms with van der Waals surface area (Å²) in [7, 11) is 1.39. The van der Waals surface area contributed by atoms with Gasteiger partial charge in [-0.05, 0) is 46.6 Å². The minimum Gasteiger partial charge on any atom is -0.467 e. The van der Waals surface area contributed by atoms with Gasteiger partial charge in [0.1, 0.15) is 5.82 Å². The summed E-state index contributed by atoms with van der Waals surface area (Å²) in [6.45, 7) is 8.63. The molecule has 0 fully saturated rings. The number of hydrogen-bond donors (Lipinski definition) is 1. The molecule has 1 aliphatic heterocycles. The molecule has 1 aliphatic rings. The summed E-state index contributed by atoms with van der Waals surface area (Å²) < 4.78 is 10.9. The quantitative estimate of drug-likeness (QED) is 0.868. The zero-order valence-electron chi connectivity index (χ0n) is 13.4. The minimum absolute atomic E-state index is 0.372. The molecule has 2 heterocycles. The van der Waals surface area contributed by atoms with Gasteiger partial charge in [-0.3, -0.25) is 0 Å². The van der Waals surface area contributed by atoms with Gasteiger partial charge in [-0.15, -0.1) is 0 Å². The van der Waals surface area contributed by atoms with Crippen LogP contribution in [0.1, 0.15) is 50.1 Å². The van der Waals surface area contributed by atoms with Crippen LogP contribution in [0.2, 0.25) is 0 Å². The van der Waals surface area contributed by atoms with Crippen molar-refractivity contribution < 1.29 is 14.3 Å². The highest BCUT2D eigenvalue weighted by Crippen LogP contribution is 2.33. The molecule has 0 aliphatic carbocycles. The molecule has 1 aromatic heterocycles. The number of aromatic nitrogens is 1. The highest BCUT2D eigenvalue weighted by molar-refractivity contribution is 5.78. The second kappa shape index (κ2) is 6.02. The standard InChI is InChI=1S/C16H24N2O3/c1-10-9-12(11-7-6-8-17-14(11)18-10)13(15(19)20-5)21-16(2,3)4/h9,13H,6-8H2,1-5H3,(H,17,18). The molecule has 0 radical (unpaired) electrons. The third kappa shape index (κ3) is 3.73. The Balaban J connectivity index is 2.48. The van der Waals surface area contributed by atoms with E-state index in [0.29, 0.717) is 0 Å². The number of rotatable bonds is 3. The number of anilines is 1. The van der Waals surface area contributed by atoms with E-state index in [0.717, 1.165) is 42.0 Å². The Kier molecular flexibility index (Phi) is 4.52. The molecule has 5 nitrogen and oxygen atoms in total. The first-order valence-electron chi connectivity index (χ1n) is 7.32. The maximum Gasteiger partial charge on any atom is 0.339 e. The molecule has 0 bridgehead atoms. The van der Waals surface area contributed by atoms with Crippen molar-refractivity contribution in [2.45, 2.75) is 52.2 Å². The third-order valence-electron chi connectivity index (χ3n) is 3.35. The van der Waals surface area contributed by atoms with Gasteiger partial charge in [0.2, 0.25) is 0 Å². The average Bonchev–Trinajstić information content (AvgIpc) is 2.42. The lowest BCUT2D eigenvalue weighted by atomic mass is 9.96. The van der Waals surface area contributed by atoms with Gasteiger partial charge in [0.15, 0.2) is 6.10 Å². The number of carbonyl (C=O) groups is 1. The van der Waals surface area contributed by atoms with Crippen LogP contribution in [0.4, 0.5) is 5.82 Å². The van der Waals surface area contributed by atoms with Gasteiger partial charge in [0.25, 0.3) is 0 Å². The van der Waals surface area contributed by atoms with Crippen LogP contribution in [0.15, 0.2) is 6.07 Å². The van der Waals surface area contributed by atoms with E-state index < -0.39 is 11.7 Å². The first-order valence-corrected chi connectivity index (χ1v) is 7.32. The van der Waals surface area contributed by atoms with Gasteiger partial charge in [-0.25, -0.2) is 9.78 Å². The number of hydrogen-bond acceptors (Lipinski definition) is 5. The zero-order chi connectivity index (χ0) is 15.6. The van der Waals surface area contributed by atoms with Crippen molar-refractivity contribution in [3.05, 3.63) is 22.9 Å². The fraction of sp³-hybridized carbons (Fsp3) is 0.625. The molecular formula is C16H24N2O3. The number of pyridine rings is 1. The maximum absolute atomic E-state index is 12.2. The molecule has 0 saturated heterocycles. The van der Waals surface area contributed by atoms with Gasteiger partial charge in [0, 0.05) is 23.4 Å². The number of carbonyl (C=O) groups excluding carboxylic acids is 1. The van der Waals surface area contributed by atoms with E-state index in [-0.39, 0.29) is 5.97 Å². The smallest absolute Gasteiger partial charge is 0.339 e. The topological polar surface area (TPSA) is 60.5 Å². The lowest BCUT2D eigenvalue weighted by Crippen LogP contribution is -2.30. The summed E-state index contributed by atoms with van der Waals surface area (Å²) in [5.41, 5.74) is 2.35. The van der Waals surface area contributed by atoms with Gasteiger partial charge in [-0.2, -0.15) is 0 Å². The van der Waals surface area contributed by atoms with Crippen LogP contribution in [-0.2, 0) is 20.7 Å². The number of esters is 1. The molecule has 116 valence electrons. The fourth-order valence-electron chi connectivity index (χ4n) is 2.54. The monoisotopic (exact) mass is 292 g/mol. The Morgan fingerprint density at radius 3 is 2.76 bits per heavy atom. The van der Waals surface area contributed by atoms with Gasteiger partial charge < -0.3 is 14.8 Å². The molecule has 5 heteroatoms. The Morgan fingerprint density at radius 1 is 1.43 bits per heavy atom. The summed E-state index contributed by atoms with van der Waals surface area (Å²) in [5, 5.41) is 3.30. The molecule has 0 spiro atoms. The first kappa shape index (κ1) is 15.8. The minimum atomic E-state index is -0.717. The number of fused-ring (bicyclic) bond motifs is 1. The van der Waals surface area contributed by atoms with E-state index in [9.17, 15) is 4.79 Å². The number of aryl methyl sites for hydroxylation is 1. The van der Waals surface area contributed by atoms with Crippen LogP contribution in [0.25, 0.3) is 0 Å². The molecule has 0 saturated carbocycles. The van der Waals surface area contributed by atoms with Crippen LogP contribution in [0, 0.1) is 6.92 Å². The normalized spacial score (nSPS) is 15.9. The molecule has 1 aromatic rings. The maximum atomic E-state index is 12.2. The largest absolute Gasteiger partial charge is 0.467 e. The fourth-order valence-corrected chi connectivity index (χ4v) is 2.54. The van der Waals surface area contributed by atoms with E-state index in [1.807, 2.05) is 33.8 Å². The summed E-state index contributed by atoms with van der Waals surface area (Å²) in [6.07, 6.45) is 1.20. The first-order chi connectivity index (χ1) is 9.81. The molecule has 2 rings (SSSR count). The predicted molar refractivity (Wildman–Crippen MR) is 81.4 cm³/mol. The Morgan fingerprint density at radius 2 is 2.14 bits per heavy atom. The Hall–Kier alpha value is -1.62. The summed E-state index contributed by atoms with van der Waals surface area (Å²) in [4.78, 5) is 16.7. The van der Waals surface area contributed by atoms with Crippen LogP contribution in [0.5, 0.6) is 0 Å². The molecule has 0 amide bonds. The zero-order valence-corrected chi connectivity index (χ0v) is 13.4. The van der Waals surface area contributed by atoms with Crippen molar-refractivity contribution in [2.75, 3.05) is 19.0 Å². The average molecular weight is 292 g/mol. The predicted octanol–water partition coefficient (Wildman–Crippen LogP) is 2.78. The highest BCUT2D eigenvalue weighted by Gasteiger charge is 2.31. The van der Waals surface area contributed by atoms with Crippen molar-refractivity contribution in [3.8, 4) is 0 Å².